The van der Waals surface area contributed by atoms with Crippen molar-refractivity contribution in [2.24, 2.45) is 0 Å². The number of nitrogens with one attached hydrogen (secondary N) is 1. The Hall–Kier alpha value is -0.290. The Morgan fingerprint density at radius 2 is 1.69 bits per heavy atom. The maximum atomic E-state index is 11.7. The van der Waals surface area contributed by atoms with E-state index in [4.69, 9.17) is 4.74 Å². The summed E-state index contributed by atoms with van der Waals surface area (Å²) in [6, 6.07) is 0. The van der Waals surface area contributed by atoms with Gasteiger partial charge in [0.1, 0.15) is 0 Å². The predicted octanol–water partition coefficient (Wildman–Crippen LogP) is 1.95. The number of hydrogen-bond donors (Lipinski definition) is 1. The van der Waals surface area contributed by atoms with E-state index in [9.17, 15) is 13.2 Å². The summed E-state index contributed by atoms with van der Waals surface area (Å²) in [4.78, 5) is 0. The standard InChI is InChI=1S/C8H16F3NO/c1-4-13-7(2,3)5-12-6-8(9,10)11/h12H,4-6H2,1-3H3. The van der Waals surface area contributed by atoms with Crippen LogP contribution in [0.2, 0.25) is 0 Å². The fourth-order valence-corrected chi connectivity index (χ4v) is 0.947. The summed E-state index contributed by atoms with van der Waals surface area (Å²) >= 11 is 0. The fraction of sp³-hybridized carbons (Fsp3) is 1.00. The predicted molar refractivity (Wildman–Crippen MR) is 44.6 cm³/mol. The monoisotopic (exact) mass is 199 g/mol. The molecule has 1 N–H and O–H groups in total. The van der Waals surface area contributed by atoms with Crippen LogP contribution in [0.1, 0.15) is 20.8 Å². The highest BCUT2D eigenvalue weighted by molar-refractivity contribution is 4.72. The van der Waals surface area contributed by atoms with Crippen molar-refractivity contribution in [3.63, 3.8) is 0 Å². The lowest BCUT2D eigenvalue weighted by Crippen LogP contribution is -2.41. The van der Waals surface area contributed by atoms with Crippen molar-refractivity contribution in [2.45, 2.75) is 32.5 Å². The van der Waals surface area contributed by atoms with Crippen molar-refractivity contribution in [1.82, 2.24) is 5.32 Å². The van der Waals surface area contributed by atoms with Gasteiger partial charge in [-0.25, -0.2) is 0 Å². The lowest BCUT2D eigenvalue weighted by atomic mass is 10.1. The molecule has 0 saturated heterocycles. The van der Waals surface area contributed by atoms with Gasteiger partial charge in [0.2, 0.25) is 0 Å². The highest BCUT2D eigenvalue weighted by atomic mass is 19.4. The Bertz CT molecular complexity index is 145. The van der Waals surface area contributed by atoms with Crippen LogP contribution in [-0.2, 0) is 4.74 Å². The second kappa shape index (κ2) is 4.81. The molecule has 0 unspecified atom stereocenters. The lowest BCUT2D eigenvalue weighted by molar-refractivity contribution is -0.127. The van der Waals surface area contributed by atoms with Crippen LogP contribution in [0, 0.1) is 0 Å². The van der Waals surface area contributed by atoms with Gasteiger partial charge < -0.3 is 10.1 Å². The zero-order chi connectivity index (χ0) is 10.5. The quantitative estimate of drug-likeness (QED) is 0.730. The highest BCUT2D eigenvalue weighted by Gasteiger charge is 2.28. The van der Waals surface area contributed by atoms with Gasteiger partial charge in [-0.1, -0.05) is 0 Å². The molecule has 0 atom stereocenters. The number of rotatable bonds is 5. The number of hydrogen-bond acceptors (Lipinski definition) is 2. The van der Waals surface area contributed by atoms with Crippen LogP contribution in [0.3, 0.4) is 0 Å². The number of ether oxygens (including phenoxy) is 1. The molecule has 0 heterocycles. The molecular formula is C8H16F3NO. The van der Waals surface area contributed by atoms with Crippen molar-refractivity contribution < 1.29 is 17.9 Å². The summed E-state index contributed by atoms with van der Waals surface area (Å²) in [5.41, 5.74) is -0.542. The smallest absolute Gasteiger partial charge is 0.375 e. The molecule has 2 nitrogen and oxygen atoms in total. The van der Waals surface area contributed by atoms with Gasteiger partial charge in [-0.2, -0.15) is 13.2 Å². The molecule has 0 fully saturated rings. The molecule has 0 rings (SSSR count). The largest absolute Gasteiger partial charge is 0.401 e. The van der Waals surface area contributed by atoms with E-state index in [1.54, 1.807) is 13.8 Å². The normalized spacial score (nSPS) is 13.4. The molecule has 0 aliphatic carbocycles. The molecule has 13 heavy (non-hydrogen) atoms. The molecule has 5 heteroatoms. The molecule has 0 radical (unpaired) electrons. The van der Waals surface area contributed by atoms with Gasteiger partial charge in [-0.15, -0.1) is 0 Å². The maximum absolute atomic E-state index is 11.7. The minimum absolute atomic E-state index is 0.195. The highest BCUT2D eigenvalue weighted by Crippen LogP contribution is 2.13. The summed E-state index contributed by atoms with van der Waals surface area (Å²) in [6.07, 6.45) is -4.15. The second-order valence-corrected chi connectivity index (χ2v) is 3.41. The summed E-state index contributed by atoms with van der Waals surface area (Å²) in [5.74, 6) is 0. The fourth-order valence-electron chi connectivity index (χ4n) is 0.947. The van der Waals surface area contributed by atoms with Crippen LogP contribution in [0.4, 0.5) is 13.2 Å². The van der Waals surface area contributed by atoms with E-state index in [0.29, 0.717) is 6.61 Å². The maximum Gasteiger partial charge on any atom is 0.401 e. The van der Waals surface area contributed by atoms with Gasteiger partial charge in [-0.3, -0.25) is 0 Å². The first-order valence-corrected chi connectivity index (χ1v) is 4.18. The molecule has 0 bridgehead atoms. The van der Waals surface area contributed by atoms with Crippen LogP contribution in [0.25, 0.3) is 0 Å². The summed E-state index contributed by atoms with van der Waals surface area (Å²) in [6.45, 7) is 5.04. The van der Waals surface area contributed by atoms with Crippen LogP contribution in [0.5, 0.6) is 0 Å². The van der Waals surface area contributed by atoms with E-state index in [0.717, 1.165) is 0 Å². The first kappa shape index (κ1) is 12.7. The van der Waals surface area contributed by atoms with Crippen LogP contribution in [-0.4, -0.2) is 31.5 Å². The van der Waals surface area contributed by atoms with Crippen molar-refractivity contribution in [3.05, 3.63) is 0 Å². The molecular weight excluding hydrogens is 183 g/mol. The molecule has 0 aliphatic rings. The third kappa shape index (κ3) is 8.05. The van der Waals surface area contributed by atoms with Gasteiger partial charge in [0.15, 0.2) is 0 Å². The Kier molecular flexibility index (Phi) is 4.70. The van der Waals surface area contributed by atoms with Crippen LogP contribution in [0.15, 0.2) is 0 Å². The van der Waals surface area contributed by atoms with Gasteiger partial charge in [0.25, 0.3) is 0 Å². The molecule has 0 aromatic rings. The van der Waals surface area contributed by atoms with Gasteiger partial charge in [0.05, 0.1) is 12.1 Å². The molecule has 0 amide bonds. The van der Waals surface area contributed by atoms with Crippen molar-refractivity contribution in [1.29, 1.82) is 0 Å². The minimum Gasteiger partial charge on any atom is -0.375 e. The Balaban J connectivity index is 3.63. The minimum atomic E-state index is -4.15. The van der Waals surface area contributed by atoms with Crippen LogP contribution >= 0.6 is 0 Å². The molecule has 0 aromatic carbocycles. The average Bonchev–Trinajstić information content (AvgIpc) is 1.82. The average molecular weight is 199 g/mol. The molecule has 0 aromatic heterocycles. The Morgan fingerprint density at radius 3 is 2.08 bits per heavy atom. The lowest BCUT2D eigenvalue weighted by Gasteiger charge is -2.25. The zero-order valence-corrected chi connectivity index (χ0v) is 8.16. The van der Waals surface area contributed by atoms with Crippen LogP contribution < -0.4 is 5.32 Å². The number of halogens is 3. The van der Waals surface area contributed by atoms with E-state index in [1.165, 1.54) is 0 Å². The third-order valence-corrected chi connectivity index (χ3v) is 1.41. The Morgan fingerprint density at radius 1 is 1.15 bits per heavy atom. The molecule has 80 valence electrons. The molecule has 0 saturated carbocycles. The first-order chi connectivity index (χ1) is 5.77. The summed E-state index contributed by atoms with van der Waals surface area (Å²) < 4.78 is 40.4. The van der Waals surface area contributed by atoms with Gasteiger partial charge in [-0.05, 0) is 20.8 Å². The summed E-state index contributed by atoms with van der Waals surface area (Å²) in [5, 5.41) is 2.30. The summed E-state index contributed by atoms with van der Waals surface area (Å²) in [7, 11) is 0. The Labute approximate surface area is 76.5 Å². The van der Waals surface area contributed by atoms with Crippen molar-refractivity contribution >= 4 is 0 Å². The second-order valence-electron chi connectivity index (χ2n) is 3.41. The van der Waals surface area contributed by atoms with Crippen molar-refractivity contribution in [2.75, 3.05) is 19.7 Å². The number of alkyl halides is 3. The first-order valence-electron chi connectivity index (χ1n) is 4.18. The van der Waals surface area contributed by atoms with E-state index in [1.807, 2.05) is 6.92 Å². The van der Waals surface area contributed by atoms with E-state index < -0.39 is 18.3 Å². The van der Waals surface area contributed by atoms with E-state index >= 15 is 0 Å². The van der Waals surface area contributed by atoms with Gasteiger partial charge in [0, 0.05) is 13.2 Å². The van der Waals surface area contributed by atoms with Crippen molar-refractivity contribution in [3.8, 4) is 0 Å². The topological polar surface area (TPSA) is 21.3 Å². The van der Waals surface area contributed by atoms with E-state index in [2.05, 4.69) is 5.32 Å². The van der Waals surface area contributed by atoms with E-state index in [-0.39, 0.29) is 6.54 Å². The molecule has 0 spiro atoms. The SMILES string of the molecule is CCOC(C)(C)CNCC(F)(F)F. The molecule has 0 aliphatic heterocycles. The van der Waals surface area contributed by atoms with Gasteiger partial charge >= 0.3 is 6.18 Å². The third-order valence-electron chi connectivity index (χ3n) is 1.41. The zero-order valence-electron chi connectivity index (χ0n) is 8.16.